The number of hydrogen-bond acceptors (Lipinski definition) is 3. The highest BCUT2D eigenvalue weighted by molar-refractivity contribution is 5.33. The normalized spacial score (nSPS) is 9.55. The van der Waals surface area contributed by atoms with Gasteiger partial charge in [0.1, 0.15) is 12.4 Å². The second-order valence-corrected chi connectivity index (χ2v) is 1.86. The van der Waals surface area contributed by atoms with Crippen molar-refractivity contribution in [2.45, 2.75) is 6.67 Å². The van der Waals surface area contributed by atoms with E-state index < -0.39 is 11.6 Å². The fraction of sp³-hybridized carbons (Fsp3) is 0.167. The summed E-state index contributed by atoms with van der Waals surface area (Å²) in [5, 5.41) is 10.2. The van der Waals surface area contributed by atoms with Crippen LogP contribution in [0.4, 0.5) is 10.1 Å². The van der Waals surface area contributed by atoms with Crippen LogP contribution in [0.15, 0.2) is 18.3 Å². The lowest BCUT2D eigenvalue weighted by atomic mass is 10.3. The van der Waals surface area contributed by atoms with Gasteiger partial charge >= 0.3 is 0 Å². The van der Waals surface area contributed by atoms with Crippen LogP contribution in [0.25, 0.3) is 0 Å². The summed E-state index contributed by atoms with van der Waals surface area (Å²) in [6, 6.07) is 2.62. The molecule has 0 saturated heterocycles. The first-order chi connectivity index (χ1) is 5.25. The molecule has 0 aliphatic rings. The Hall–Kier alpha value is -1.52. The monoisotopic (exact) mass is 156 g/mol. The van der Waals surface area contributed by atoms with Crippen LogP contribution in [0.5, 0.6) is 0 Å². The minimum absolute atomic E-state index is 0.127. The highest BCUT2D eigenvalue weighted by Crippen LogP contribution is 2.15. The molecule has 11 heavy (non-hydrogen) atoms. The van der Waals surface area contributed by atoms with Crippen molar-refractivity contribution in [3.63, 3.8) is 0 Å². The van der Waals surface area contributed by atoms with Gasteiger partial charge in [-0.05, 0) is 6.07 Å². The summed E-state index contributed by atoms with van der Waals surface area (Å²) < 4.78 is 12.0. The molecule has 0 fully saturated rings. The summed E-state index contributed by atoms with van der Waals surface area (Å²) in [7, 11) is 0. The van der Waals surface area contributed by atoms with Gasteiger partial charge in [-0.3, -0.25) is 15.1 Å². The van der Waals surface area contributed by atoms with Gasteiger partial charge in [0.05, 0.1) is 4.92 Å². The predicted molar refractivity (Wildman–Crippen MR) is 35.7 cm³/mol. The highest BCUT2D eigenvalue weighted by Gasteiger charge is 2.12. The second kappa shape index (κ2) is 3.05. The molecule has 0 unspecified atom stereocenters. The van der Waals surface area contributed by atoms with E-state index in [1.165, 1.54) is 18.3 Å². The molecule has 0 aliphatic heterocycles. The zero-order valence-electron chi connectivity index (χ0n) is 5.53. The van der Waals surface area contributed by atoms with Gasteiger partial charge in [0, 0.05) is 12.3 Å². The summed E-state index contributed by atoms with van der Waals surface area (Å²) in [5.41, 5.74) is -0.396. The van der Waals surface area contributed by atoms with Crippen molar-refractivity contribution >= 4 is 5.69 Å². The van der Waals surface area contributed by atoms with E-state index in [1.54, 1.807) is 0 Å². The quantitative estimate of drug-likeness (QED) is 0.481. The molecule has 1 aromatic heterocycles. The van der Waals surface area contributed by atoms with Crippen molar-refractivity contribution in [3.05, 3.63) is 34.1 Å². The Morgan fingerprint density at radius 1 is 1.73 bits per heavy atom. The van der Waals surface area contributed by atoms with Crippen LogP contribution in [0, 0.1) is 10.1 Å². The van der Waals surface area contributed by atoms with Crippen LogP contribution >= 0.6 is 0 Å². The fourth-order valence-electron chi connectivity index (χ4n) is 0.699. The molecule has 4 nitrogen and oxygen atoms in total. The fourth-order valence-corrected chi connectivity index (χ4v) is 0.699. The zero-order chi connectivity index (χ0) is 8.27. The van der Waals surface area contributed by atoms with Crippen LogP contribution < -0.4 is 0 Å². The number of hydrogen-bond donors (Lipinski definition) is 0. The van der Waals surface area contributed by atoms with Crippen LogP contribution in [0.1, 0.15) is 5.69 Å². The van der Waals surface area contributed by atoms with Gasteiger partial charge in [-0.25, -0.2) is 4.39 Å². The standard InChI is InChI=1S/C6H5FN2O2/c7-4-5-6(9(10)11)2-1-3-8-5/h1-3H,4H2. The molecule has 0 spiro atoms. The lowest BCUT2D eigenvalue weighted by molar-refractivity contribution is -0.386. The number of alkyl halides is 1. The Kier molecular flexibility index (Phi) is 2.10. The third-order valence-electron chi connectivity index (χ3n) is 1.19. The van der Waals surface area contributed by atoms with Gasteiger partial charge in [0.15, 0.2) is 0 Å². The van der Waals surface area contributed by atoms with Gasteiger partial charge in [-0.2, -0.15) is 0 Å². The van der Waals surface area contributed by atoms with E-state index in [9.17, 15) is 14.5 Å². The van der Waals surface area contributed by atoms with E-state index >= 15 is 0 Å². The second-order valence-electron chi connectivity index (χ2n) is 1.86. The maximum atomic E-state index is 12.0. The maximum Gasteiger partial charge on any atom is 0.293 e. The molecular formula is C6H5FN2O2. The minimum Gasteiger partial charge on any atom is -0.258 e. The zero-order valence-corrected chi connectivity index (χ0v) is 5.53. The van der Waals surface area contributed by atoms with Gasteiger partial charge < -0.3 is 0 Å². The summed E-state index contributed by atoms with van der Waals surface area (Å²) >= 11 is 0. The first-order valence-corrected chi connectivity index (χ1v) is 2.90. The molecule has 58 valence electrons. The SMILES string of the molecule is O=[N+]([O-])c1cccnc1CF. The van der Waals surface area contributed by atoms with Crippen molar-refractivity contribution in [3.8, 4) is 0 Å². The van der Waals surface area contributed by atoms with Gasteiger partial charge in [0.25, 0.3) is 5.69 Å². The molecule has 5 heteroatoms. The van der Waals surface area contributed by atoms with Crippen LogP contribution in [-0.2, 0) is 6.67 Å². The third kappa shape index (κ3) is 1.49. The lowest BCUT2D eigenvalue weighted by Gasteiger charge is -1.93. The minimum atomic E-state index is -0.906. The molecule has 1 rings (SSSR count). The van der Waals surface area contributed by atoms with Crippen molar-refractivity contribution in [1.29, 1.82) is 0 Å². The van der Waals surface area contributed by atoms with Gasteiger partial charge in [-0.1, -0.05) is 0 Å². The van der Waals surface area contributed by atoms with Crippen molar-refractivity contribution < 1.29 is 9.31 Å². The molecule has 0 aliphatic carbocycles. The number of nitrogens with zero attached hydrogens (tertiary/aromatic N) is 2. The van der Waals surface area contributed by atoms with E-state index in [1.807, 2.05) is 0 Å². The third-order valence-corrected chi connectivity index (χ3v) is 1.19. The number of aromatic nitrogens is 1. The van der Waals surface area contributed by atoms with E-state index in [0.29, 0.717) is 0 Å². The summed E-state index contributed by atoms with van der Waals surface area (Å²) in [5.74, 6) is 0. The molecule has 0 bridgehead atoms. The largest absolute Gasteiger partial charge is 0.293 e. The molecule has 0 radical (unpaired) electrons. The molecule has 1 heterocycles. The lowest BCUT2D eigenvalue weighted by Crippen LogP contribution is -1.95. The number of halogens is 1. The molecular weight excluding hydrogens is 151 g/mol. The summed E-state index contributed by atoms with van der Waals surface area (Å²) in [6.07, 6.45) is 1.32. The molecule has 0 amide bonds. The molecule has 0 N–H and O–H groups in total. The first kappa shape index (κ1) is 7.59. The summed E-state index contributed by atoms with van der Waals surface area (Å²) in [4.78, 5) is 13.0. The maximum absolute atomic E-state index is 12.0. The Bertz CT molecular complexity index is 277. The molecule has 0 aromatic carbocycles. The average molecular weight is 156 g/mol. The van der Waals surface area contributed by atoms with E-state index in [4.69, 9.17) is 0 Å². The Morgan fingerprint density at radius 3 is 2.91 bits per heavy atom. The van der Waals surface area contributed by atoms with Crippen molar-refractivity contribution in [2.75, 3.05) is 0 Å². The number of pyridine rings is 1. The van der Waals surface area contributed by atoms with E-state index in [0.717, 1.165) is 0 Å². The van der Waals surface area contributed by atoms with E-state index in [2.05, 4.69) is 4.98 Å². The van der Waals surface area contributed by atoms with Crippen LogP contribution in [0.3, 0.4) is 0 Å². The Morgan fingerprint density at radius 2 is 2.45 bits per heavy atom. The number of rotatable bonds is 2. The van der Waals surface area contributed by atoms with Crippen LogP contribution in [-0.4, -0.2) is 9.91 Å². The smallest absolute Gasteiger partial charge is 0.258 e. The average Bonchev–Trinajstić information content (AvgIpc) is 2.04. The summed E-state index contributed by atoms with van der Waals surface area (Å²) in [6.45, 7) is -0.906. The van der Waals surface area contributed by atoms with Crippen molar-refractivity contribution in [2.24, 2.45) is 0 Å². The van der Waals surface area contributed by atoms with Crippen molar-refractivity contribution in [1.82, 2.24) is 4.98 Å². The molecule has 0 atom stereocenters. The Labute approximate surface area is 61.8 Å². The Balaban J connectivity index is 3.12. The van der Waals surface area contributed by atoms with E-state index in [-0.39, 0.29) is 11.4 Å². The topological polar surface area (TPSA) is 56.0 Å². The predicted octanol–water partition coefficient (Wildman–Crippen LogP) is 1.46. The van der Waals surface area contributed by atoms with Gasteiger partial charge in [0.2, 0.25) is 0 Å². The van der Waals surface area contributed by atoms with Crippen LogP contribution in [0.2, 0.25) is 0 Å². The van der Waals surface area contributed by atoms with Gasteiger partial charge in [-0.15, -0.1) is 0 Å². The first-order valence-electron chi connectivity index (χ1n) is 2.90. The highest BCUT2D eigenvalue weighted by atomic mass is 19.1. The number of nitro groups is 1. The molecule has 1 aromatic rings. The molecule has 0 saturated carbocycles.